The first kappa shape index (κ1) is 23.6. The number of nitrogens with zero attached hydrogens (tertiary/aromatic N) is 4. The molecule has 1 fully saturated rings. The largest absolute Gasteiger partial charge is 0.342 e. The van der Waals surface area contributed by atoms with Crippen LogP contribution in [0.15, 0.2) is 0 Å². The first-order valence-electron chi connectivity index (χ1n) is 9.14. The number of carbonyl (C=O) groups is 3. The van der Waals surface area contributed by atoms with E-state index < -0.39 is 7.60 Å². The summed E-state index contributed by atoms with van der Waals surface area (Å²) >= 11 is 0. The summed E-state index contributed by atoms with van der Waals surface area (Å²) in [5.74, 6) is 0. The first-order valence-corrected chi connectivity index (χ1v) is 10.9. The van der Waals surface area contributed by atoms with Crippen molar-refractivity contribution >= 4 is 26.8 Å². The SMILES string of the molecule is CCC(C)OP(=O)(O)CN1CCN(C=O)CCN(C=O)CCN(C=O)CC1. The average Bonchev–Trinajstić information content (AvgIpc) is 2.63. The van der Waals surface area contributed by atoms with Crippen molar-refractivity contribution in [1.29, 1.82) is 0 Å². The van der Waals surface area contributed by atoms with Gasteiger partial charge in [-0.05, 0) is 13.3 Å². The molecule has 1 N–H and O–H groups in total. The molecule has 1 heterocycles. The van der Waals surface area contributed by atoms with Crippen molar-refractivity contribution in [3.63, 3.8) is 0 Å². The van der Waals surface area contributed by atoms with E-state index in [1.807, 2.05) is 6.92 Å². The van der Waals surface area contributed by atoms with E-state index in [4.69, 9.17) is 4.52 Å². The van der Waals surface area contributed by atoms with E-state index in [-0.39, 0.29) is 12.4 Å². The second-order valence-corrected chi connectivity index (χ2v) is 8.41. The van der Waals surface area contributed by atoms with Crippen LogP contribution in [0.5, 0.6) is 0 Å². The molecule has 0 aromatic heterocycles. The number of hydrogen-bond acceptors (Lipinski definition) is 6. The molecular weight excluding hydrogens is 375 g/mol. The van der Waals surface area contributed by atoms with Crippen molar-refractivity contribution in [2.24, 2.45) is 0 Å². The van der Waals surface area contributed by atoms with Crippen molar-refractivity contribution in [3.05, 3.63) is 0 Å². The van der Waals surface area contributed by atoms with Crippen LogP contribution in [-0.2, 0) is 23.5 Å². The summed E-state index contributed by atoms with van der Waals surface area (Å²) in [5, 5.41) is 0. The lowest BCUT2D eigenvalue weighted by atomic mass is 10.3. The lowest BCUT2D eigenvalue weighted by Gasteiger charge is -2.31. The third kappa shape index (κ3) is 9.32. The Labute approximate surface area is 160 Å². The maximum Gasteiger partial charge on any atom is 0.342 e. The predicted molar refractivity (Wildman–Crippen MR) is 100 cm³/mol. The molecule has 0 aliphatic carbocycles. The van der Waals surface area contributed by atoms with Crippen molar-refractivity contribution in [2.45, 2.75) is 26.4 Å². The van der Waals surface area contributed by atoms with Gasteiger partial charge in [-0.1, -0.05) is 6.92 Å². The van der Waals surface area contributed by atoms with E-state index in [2.05, 4.69) is 0 Å². The molecule has 1 aliphatic heterocycles. The van der Waals surface area contributed by atoms with Crippen LogP contribution in [0.3, 0.4) is 0 Å². The molecule has 0 bridgehead atoms. The second kappa shape index (κ2) is 12.1. The molecule has 1 rings (SSSR count). The van der Waals surface area contributed by atoms with E-state index >= 15 is 0 Å². The van der Waals surface area contributed by atoms with Crippen LogP contribution in [0.4, 0.5) is 0 Å². The standard InChI is InChI=1S/C16H31N4O6P/c1-3-16(2)26-27(24,25)15-20-10-8-18(13-22)6-4-17(12-21)5-7-19(14-23)9-11-20/h12-14,16H,3-11,15H2,1-2H3,(H,24,25). The van der Waals surface area contributed by atoms with Crippen LogP contribution < -0.4 is 0 Å². The molecule has 1 saturated heterocycles. The molecule has 27 heavy (non-hydrogen) atoms. The molecule has 3 amide bonds. The van der Waals surface area contributed by atoms with E-state index in [9.17, 15) is 23.8 Å². The first-order chi connectivity index (χ1) is 12.8. The van der Waals surface area contributed by atoms with Crippen LogP contribution >= 0.6 is 7.60 Å². The van der Waals surface area contributed by atoms with E-state index in [1.54, 1.807) is 11.8 Å². The highest BCUT2D eigenvalue weighted by atomic mass is 31.2. The summed E-state index contributed by atoms with van der Waals surface area (Å²) in [4.78, 5) is 50.1. The Hall–Kier alpha value is -1.48. The Morgan fingerprint density at radius 2 is 1.26 bits per heavy atom. The Bertz CT molecular complexity index is 499. The van der Waals surface area contributed by atoms with Gasteiger partial charge >= 0.3 is 7.60 Å². The van der Waals surface area contributed by atoms with Crippen LogP contribution in [0.1, 0.15) is 20.3 Å². The van der Waals surface area contributed by atoms with Gasteiger partial charge in [-0.15, -0.1) is 0 Å². The van der Waals surface area contributed by atoms with Crippen molar-refractivity contribution in [3.8, 4) is 0 Å². The van der Waals surface area contributed by atoms with Gasteiger partial charge in [-0.3, -0.25) is 23.8 Å². The Kier molecular flexibility index (Phi) is 10.5. The van der Waals surface area contributed by atoms with Crippen molar-refractivity contribution in [2.75, 3.05) is 58.6 Å². The maximum atomic E-state index is 12.4. The lowest BCUT2D eigenvalue weighted by molar-refractivity contribution is -0.123. The van der Waals surface area contributed by atoms with Crippen LogP contribution in [-0.4, -0.2) is 108 Å². The zero-order valence-electron chi connectivity index (χ0n) is 16.1. The molecular formula is C16H31N4O6P. The summed E-state index contributed by atoms with van der Waals surface area (Å²) in [6.45, 7) is 6.47. The van der Waals surface area contributed by atoms with Gasteiger partial charge in [0.2, 0.25) is 19.2 Å². The topological polar surface area (TPSA) is 111 Å². The minimum absolute atomic E-state index is 0.169. The molecule has 10 nitrogen and oxygen atoms in total. The zero-order chi connectivity index (χ0) is 20.3. The summed E-state index contributed by atoms with van der Waals surface area (Å²) < 4.78 is 17.6. The normalized spacial score (nSPS) is 21.5. The fraction of sp³-hybridized carbons (Fsp3) is 0.812. The summed E-state index contributed by atoms with van der Waals surface area (Å²) in [7, 11) is -3.83. The third-order valence-electron chi connectivity index (χ3n) is 4.50. The third-order valence-corrected chi connectivity index (χ3v) is 5.95. The van der Waals surface area contributed by atoms with Gasteiger partial charge in [0, 0.05) is 52.4 Å². The molecule has 0 aromatic carbocycles. The summed E-state index contributed by atoms with van der Waals surface area (Å²) in [6, 6.07) is 0. The lowest BCUT2D eigenvalue weighted by Crippen LogP contribution is -2.45. The Morgan fingerprint density at radius 1 is 0.889 bits per heavy atom. The molecule has 156 valence electrons. The fourth-order valence-electron chi connectivity index (χ4n) is 2.60. The van der Waals surface area contributed by atoms with Crippen molar-refractivity contribution in [1.82, 2.24) is 19.6 Å². The molecule has 2 atom stereocenters. The number of carbonyl (C=O) groups excluding carboxylic acids is 3. The van der Waals surface area contributed by atoms with E-state index in [0.29, 0.717) is 78.0 Å². The molecule has 0 radical (unpaired) electrons. The zero-order valence-corrected chi connectivity index (χ0v) is 17.0. The average molecular weight is 406 g/mol. The van der Waals surface area contributed by atoms with Crippen molar-refractivity contribution < 1.29 is 28.4 Å². The number of hydrogen-bond donors (Lipinski definition) is 1. The minimum atomic E-state index is -3.83. The van der Waals surface area contributed by atoms with Gasteiger partial charge in [-0.25, -0.2) is 0 Å². The minimum Gasteiger partial charge on any atom is -0.342 e. The van der Waals surface area contributed by atoms with E-state index in [0.717, 1.165) is 0 Å². The maximum absolute atomic E-state index is 12.4. The molecule has 0 saturated carbocycles. The number of amides is 3. The van der Waals surface area contributed by atoms with Crippen LogP contribution in [0.25, 0.3) is 0 Å². The molecule has 0 aromatic rings. The highest BCUT2D eigenvalue weighted by Crippen LogP contribution is 2.44. The van der Waals surface area contributed by atoms with E-state index in [1.165, 1.54) is 14.7 Å². The predicted octanol–water partition coefficient (Wildman–Crippen LogP) is -0.365. The molecule has 2 unspecified atom stereocenters. The summed E-state index contributed by atoms with van der Waals surface area (Å²) in [5.41, 5.74) is 0. The smallest absolute Gasteiger partial charge is 0.342 e. The molecule has 0 spiro atoms. The highest BCUT2D eigenvalue weighted by Gasteiger charge is 2.26. The number of rotatable bonds is 8. The quantitative estimate of drug-likeness (QED) is 0.433. The van der Waals surface area contributed by atoms with Crippen LogP contribution in [0.2, 0.25) is 0 Å². The van der Waals surface area contributed by atoms with Gasteiger partial charge in [0.1, 0.15) is 6.29 Å². The monoisotopic (exact) mass is 406 g/mol. The molecule has 1 aliphatic rings. The van der Waals surface area contributed by atoms with Gasteiger partial charge in [-0.2, -0.15) is 0 Å². The fourth-order valence-corrected chi connectivity index (χ4v) is 4.17. The highest BCUT2D eigenvalue weighted by molar-refractivity contribution is 7.52. The second-order valence-electron chi connectivity index (χ2n) is 6.65. The van der Waals surface area contributed by atoms with Gasteiger partial charge in [0.05, 0.1) is 6.10 Å². The summed E-state index contributed by atoms with van der Waals surface area (Å²) in [6.07, 6.45) is 2.24. The van der Waals surface area contributed by atoms with Gasteiger partial charge in [0.15, 0.2) is 0 Å². The van der Waals surface area contributed by atoms with Gasteiger partial charge < -0.3 is 24.1 Å². The Morgan fingerprint density at radius 3 is 1.59 bits per heavy atom. The van der Waals surface area contributed by atoms with Crippen LogP contribution in [0, 0.1) is 0 Å². The Balaban J connectivity index is 2.81. The molecule has 11 heteroatoms. The van der Waals surface area contributed by atoms with Gasteiger partial charge in [0.25, 0.3) is 0 Å².